The summed E-state index contributed by atoms with van der Waals surface area (Å²) in [7, 11) is 0. The van der Waals surface area contributed by atoms with Gasteiger partial charge in [-0.05, 0) is 70.5 Å². The number of nitrogens with zero attached hydrogens (tertiary/aromatic N) is 3. The van der Waals surface area contributed by atoms with Gasteiger partial charge in [-0.15, -0.1) is 0 Å². The van der Waals surface area contributed by atoms with Crippen LogP contribution in [0.4, 0.5) is 5.95 Å². The van der Waals surface area contributed by atoms with Crippen LogP contribution in [0.25, 0.3) is 0 Å². The zero-order valence-corrected chi connectivity index (χ0v) is 17.0. The second kappa shape index (κ2) is 10.0. The first-order valence-corrected chi connectivity index (χ1v) is 10.7. The van der Waals surface area contributed by atoms with E-state index in [1.54, 1.807) is 0 Å². The predicted octanol–water partition coefficient (Wildman–Crippen LogP) is 2.92. The van der Waals surface area contributed by atoms with Crippen LogP contribution in [0.1, 0.15) is 63.1 Å². The quantitative estimate of drug-likeness (QED) is 0.769. The first kappa shape index (κ1) is 20.1. The average Bonchev–Trinajstić information content (AvgIpc) is 2.70. The molecule has 1 saturated carbocycles. The molecule has 1 aromatic heterocycles. The molecule has 1 amide bonds. The summed E-state index contributed by atoms with van der Waals surface area (Å²) in [6.07, 6.45) is 10.7. The number of piperidine rings is 1. The van der Waals surface area contributed by atoms with Gasteiger partial charge in [-0.3, -0.25) is 4.79 Å². The van der Waals surface area contributed by atoms with Crippen molar-refractivity contribution >= 4 is 11.9 Å². The van der Waals surface area contributed by atoms with Gasteiger partial charge in [-0.1, -0.05) is 13.3 Å². The number of aromatic nitrogens is 2. The van der Waals surface area contributed by atoms with Gasteiger partial charge in [-0.2, -0.15) is 0 Å². The molecule has 27 heavy (non-hydrogen) atoms. The summed E-state index contributed by atoms with van der Waals surface area (Å²) in [6, 6.07) is 0.370. The number of likely N-dealkylation sites (tertiary alicyclic amines) is 1. The highest BCUT2D eigenvalue weighted by molar-refractivity contribution is 5.78. The van der Waals surface area contributed by atoms with E-state index in [0.29, 0.717) is 6.04 Å². The van der Waals surface area contributed by atoms with Gasteiger partial charge in [0.2, 0.25) is 11.9 Å². The standard InChI is InChI=1S/C21H35N5O/c1-3-19-16(2)15-23-21(25-19)24-18-9-7-17(8-10-18)20(27)22-11-14-26-12-5-4-6-13-26/h15,17-18H,3-14H2,1-2H3,(H,22,27)(H,23,24,25). The van der Waals surface area contributed by atoms with E-state index >= 15 is 0 Å². The maximum Gasteiger partial charge on any atom is 0.223 e. The van der Waals surface area contributed by atoms with Crippen molar-refractivity contribution in [3.05, 3.63) is 17.5 Å². The van der Waals surface area contributed by atoms with Gasteiger partial charge in [-0.25, -0.2) is 9.97 Å². The monoisotopic (exact) mass is 373 g/mol. The first-order valence-electron chi connectivity index (χ1n) is 10.7. The molecule has 2 aliphatic rings. The summed E-state index contributed by atoms with van der Waals surface area (Å²) in [5, 5.41) is 6.63. The lowest BCUT2D eigenvalue weighted by atomic mass is 9.85. The van der Waals surface area contributed by atoms with E-state index in [4.69, 9.17) is 0 Å². The summed E-state index contributed by atoms with van der Waals surface area (Å²) in [4.78, 5) is 24.0. The SMILES string of the molecule is CCc1nc(NC2CCC(C(=O)NCCN3CCCCC3)CC2)ncc1C. The largest absolute Gasteiger partial charge is 0.355 e. The number of carbonyl (C=O) groups excluding carboxylic acids is 1. The number of hydrogen-bond donors (Lipinski definition) is 2. The predicted molar refractivity (Wildman–Crippen MR) is 109 cm³/mol. The fraction of sp³-hybridized carbons (Fsp3) is 0.762. The lowest BCUT2D eigenvalue weighted by Crippen LogP contribution is -2.41. The van der Waals surface area contributed by atoms with Crippen LogP contribution in [0.3, 0.4) is 0 Å². The lowest BCUT2D eigenvalue weighted by molar-refractivity contribution is -0.126. The number of hydrogen-bond acceptors (Lipinski definition) is 5. The second-order valence-electron chi connectivity index (χ2n) is 8.06. The van der Waals surface area contributed by atoms with Crippen LogP contribution in [0.5, 0.6) is 0 Å². The van der Waals surface area contributed by atoms with E-state index in [0.717, 1.165) is 62.4 Å². The average molecular weight is 374 g/mol. The van der Waals surface area contributed by atoms with Crippen molar-refractivity contribution in [1.82, 2.24) is 20.2 Å². The summed E-state index contributed by atoms with van der Waals surface area (Å²) in [5.41, 5.74) is 2.25. The third-order valence-corrected chi connectivity index (χ3v) is 6.02. The normalized spacial score (nSPS) is 23.8. The van der Waals surface area contributed by atoms with Crippen molar-refractivity contribution in [2.75, 3.05) is 31.5 Å². The number of nitrogens with one attached hydrogen (secondary N) is 2. The van der Waals surface area contributed by atoms with Crippen molar-refractivity contribution in [2.24, 2.45) is 5.92 Å². The van der Waals surface area contributed by atoms with Gasteiger partial charge in [0.15, 0.2) is 0 Å². The summed E-state index contributed by atoms with van der Waals surface area (Å²) >= 11 is 0. The van der Waals surface area contributed by atoms with Crippen LogP contribution in [-0.2, 0) is 11.2 Å². The van der Waals surface area contributed by atoms with Gasteiger partial charge in [0, 0.05) is 36.9 Å². The van der Waals surface area contributed by atoms with Gasteiger partial charge in [0.05, 0.1) is 0 Å². The number of amides is 1. The van der Waals surface area contributed by atoms with E-state index in [-0.39, 0.29) is 11.8 Å². The third-order valence-electron chi connectivity index (χ3n) is 6.02. The Bertz CT molecular complexity index is 607. The highest BCUT2D eigenvalue weighted by Gasteiger charge is 2.26. The molecule has 2 N–H and O–H groups in total. The molecule has 0 spiro atoms. The van der Waals surface area contributed by atoms with E-state index < -0.39 is 0 Å². The molecular formula is C21H35N5O. The Labute approximate surface area is 163 Å². The zero-order valence-electron chi connectivity index (χ0n) is 17.0. The smallest absolute Gasteiger partial charge is 0.223 e. The molecule has 2 fully saturated rings. The Morgan fingerprint density at radius 1 is 1.19 bits per heavy atom. The molecule has 0 aromatic carbocycles. The second-order valence-corrected chi connectivity index (χ2v) is 8.06. The Kier molecular flexibility index (Phi) is 7.44. The van der Waals surface area contributed by atoms with Crippen LogP contribution in [0.15, 0.2) is 6.20 Å². The Balaban J connectivity index is 1.37. The fourth-order valence-electron chi connectivity index (χ4n) is 4.25. The maximum absolute atomic E-state index is 12.5. The van der Waals surface area contributed by atoms with Gasteiger partial charge < -0.3 is 15.5 Å². The molecule has 6 nitrogen and oxygen atoms in total. The zero-order chi connectivity index (χ0) is 19.1. The van der Waals surface area contributed by atoms with Crippen LogP contribution in [0.2, 0.25) is 0 Å². The van der Waals surface area contributed by atoms with Gasteiger partial charge in [0.1, 0.15) is 0 Å². The number of aryl methyl sites for hydroxylation is 2. The highest BCUT2D eigenvalue weighted by Crippen LogP contribution is 2.26. The van der Waals surface area contributed by atoms with Crippen molar-refractivity contribution < 1.29 is 4.79 Å². The molecule has 6 heteroatoms. The first-order chi connectivity index (χ1) is 13.2. The molecular weight excluding hydrogens is 338 g/mol. The number of carbonyl (C=O) groups is 1. The molecule has 1 saturated heterocycles. The molecule has 1 aromatic rings. The third kappa shape index (κ3) is 5.89. The molecule has 0 atom stereocenters. The Hall–Kier alpha value is -1.69. The molecule has 1 aliphatic carbocycles. The summed E-state index contributed by atoms with van der Waals surface area (Å²) in [6.45, 7) is 8.33. The van der Waals surface area contributed by atoms with Crippen molar-refractivity contribution in [1.29, 1.82) is 0 Å². The van der Waals surface area contributed by atoms with Gasteiger partial charge in [0.25, 0.3) is 0 Å². The van der Waals surface area contributed by atoms with E-state index in [1.165, 1.54) is 32.4 Å². The number of anilines is 1. The summed E-state index contributed by atoms with van der Waals surface area (Å²) in [5.74, 6) is 1.13. The van der Waals surface area contributed by atoms with E-state index in [1.807, 2.05) is 6.20 Å². The Morgan fingerprint density at radius 2 is 1.93 bits per heavy atom. The fourth-order valence-corrected chi connectivity index (χ4v) is 4.25. The molecule has 3 rings (SSSR count). The molecule has 150 valence electrons. The van der Waals surface area contributed by atoms with Crippen molar-refractivity contribution in [3.63, 3.8) is 0 Å². The number of rotatable bonds is 7. The molecule has 0 bridgehead atoms. The van der Waals surface area contributed by atoms with E-state index in [9.17, 15) is 4.79 Å². The Morgan fingerprint density at radius 3 is 2.63 bits per heavy atom. The van der Waals surface area contributed by atoms with Crippen LogP contribution >= 0.6 is 0 Å². The lowest BCUT2D eigenvalue weighted by Gasteiger charge is -2.29. The van der Waals surface area contributed by atoms with Crippen molar-refractivity contribution in [3.8, 4) is 0 Å². The molecule has 2 heterocycles. The minimum atomic E-state index is 0.162. The van der Waals surface area contributed by atoms with E-state index in [2.05, 4.69) is 39.3 Å². The van der Waals surface area contributed by atoms with Crippen LogP contribution in [-0.4, -0.2) is 53.0 Å². The van der Waals surface area contributed by atoms with Gasteiger partial charge >= 0.3 is 0 Å². The van der Waals surface area contributed by atoms with Crippen LogP contribution in [0, 0.1) is 12.8 Å². The van der Waals surface area contributed by atoms with Crippen molar-refractivity contribution in [2.45, 2.75) is 71.3 Å². The van der Waals surface area contributed by atoms with Crippen LogP contribution < -0.4 is 10.6 Å². The summed E-state index contributed by atoms with van der Waals surface area (Å²) < 4.78 is 0. The minimum Gasteiger partial charge on any atom is -0.355 e. The minimum absolute atomic E-state index is 0.162. The topological polar surface area (TPSA) is 70.2 Å². The molecule has 0 radical (unpaired) electrons. The molecule has 1 aliphatic heterocycles. The highest BCUT2D eigenvalue weighted by atomic mass is 16.1. The molecule has 0 unspecified atom stereocenters. The maximum atomic E-state index is 12.5.